The number of ether oxygens (including phenoxy) is 3. The minimum absolute atomic E-state index is 0.0504. The maximum absolute atomic E-state index is 13.0. The fraction of sp³-hybridized carbons (Fsp3) is 0.636. The van der Waals surface area contributed by atoms with Crippen molar-refractivity contribution in [1.82, 2.24) is 10.2 Å². The van der Waals surface area contributed by atoms with E-state index in [2.05, 4.69) is 28.2 Å². The predicted molar refractivity (Wildman–Crippen MR) is 117 cm³/mol. The third kappa shape index (κ3) is 6.11. The first kappa shape index (κ1) is 22.9. The summed E-state index contributed by atoms with van der Waals surface area (Å²) in [7, 11) is 0. The van der Waals surface area contributed by atoms with Crippen molar-refractivity contribution in [3.63, 3.8) is 0 Å². The maximum Gasteiger partial charge on any atom is 0.407 e. The van der Waals surface area contributed by atoms with Gasteiger partial charge in [0.1, 0.15) is 18.0 Å². The van der Waals surface area contributed by atoms with Gasteiger partial charge in [-0.05, 0) is 64.2 Å². The molecule has 1 aromatic rings. The van der Waals surface area contributed by atoms with Crippen LogP contribution in [0.5, 0.6) is 5.75 Å². The van der Waals surface area contributed by atoms with Gasteiger partial charge in [-0.15, -0.1) is 0 Å². The van der Waals surface area contributed by atoms with E-state index < -0.39 is 11.7 Å². The first-order valence-corrected chi connectivity index (χ1v) is 11.3. The lowest BCUT2D eigenvalue weighted by molar-refractivity contribution is 0.0489. The molecule has 3 rings (SSSR count). The van der Waals surface area contributed by atoms with Crippen molar-refractivity contribution >= 4 is 27.9 Å². The lowest BCUT2D eigenvalue weighted by Gasteiger charge is -2.24. The number of hydrogen-bond donors (Lipinski definition) is 1. The molecule has 0 aromatic heterocycles. The number of alkyl carbamates (subject to hydrolysis) is 1. The summed E-state index contributed by atoms with van der Waals surface area (Å²) in [5, 5.41) is 2.64. The zero-order chi connectivity index (χ0) is 21.9. The maximum atomic E-state index is 13.0. The summed E-state index contributed by atoms with van der Waals surface area (Å²) < 4.78 is 17.4. The molecule has 1 aliphatic carbocycles. The van der Waals surface area contributed by atoms with E-state index in [9.17, 15) is 9.59 Å². The second kappa shape index (κ2) is 9.56. The Hall–Kier alpha value is -1.80. The number of benzene rings is 1. The predicted octanol–water partition coefficient (Wildman–Crippen LogP) is 4.12. The first-order valence-electron chi connectivity index (χ1n) is 10.5. The Morgan fingerprint density at radius 2 is 2.00 bits per heavy atom. The van der Waals surface area contributed by atoms with Crippen LogP contribution in [0.4, 0.5) is 4.79 Å². The summed E-state index contributed by atoms with van der Waals surface area (Å²) in [6.07, 6.45) is 1.94. The summed E-state index contributed by atoms with van der Waals surface area (Å²) in [5.74, 6) is 1.26. The van der Waals surface area contributed by atoms with Crippen molar-refractivity contribution in [2.45, 2.75) is 58.7 Å². The number of carbonyl (C=O) groups excluding carboxylic acids is 2. The molecule has 2 amide bonds. The molecule has 1 fully saturated rings. The second-order valence-corrected chi connectivity index (χ2v) is 9.75. The lowest BCUT2D eigenvalue weighted by Crippen LogP contribution is -2.34. The van der Waals surface area contributed by atoms with Gasteiger partial charge in [0.2, 0.25) is 0 Å². The van der Waals surface area contributed by atoms with Crippen molar-refractivity contribution in [3.05, 3.63) is 27.7 Å². The van der Waals surface area contributed by atoms with Crippen LogP contribution >= 0.6 is 15.9 Å². The number of carbonyl (C=O) groups is 2. The van der Waals surface area contributed by atoms with Gasteiger partial charge < -0.3 is 24.4 Å². The summed E-state index contributed by atoms with van der Waals surface area (Å²) in [6, 6.07) is 4.10. The Morgan fingerprint density at radius 1 is 1.27 bits per heavy atom. The first-order chi connectivity index (χ1) is 14.2. The Labute approximate surface area is 186 Å². The van der Waals surface area contributed by atoms with Crippen LogP contribution in [-0.4, -0.2) is 54.9 Å². The molecular formula is C22H31BrN2O5. The Morgan fingerprint density at radius 3 is 2.67 bits per heavy atom. The Kier molecular flexibility index (Phi) is 7.29. The molecule has 0 saturated heterocycles. The fourth-order valence-electron chi connectivity index (χ4n) is 3.53. The summed E-state index contributed by atoms with van der Waals surface area (Å²) in [6.45, 7) is 9.60. The van der Waals surface area contributed by atoms with E-state index in [0.29, 0.717) is 50.1 Å². The van der Waals surface area contributed by atoms with E-state index in [1.807, 2.05) is 37.8 Å². The van der Waals surface area contributed by atoms with E-state index in [1.54, 1.807) is 0 Å². The highest BCUT2D eigenvalue weighted by molar-refractivity contribution is 9.10. The average Bonchev–Trinajstić information content (AvgIpc) is 3.43. The number of amides is 2. The zero-order valence-corrected chi connectivity index (χ0v) is 19.7. The molecule has 8 heteroatoms. The highest BCUT2D eigenvalue weighted by Crippen LogP contribution is 2.41. The molecule has 0 bridgehead atoms. The van der Waals surface area contributed by atoms with Crippen LogP contribution in [0.15, 0.2) is 16.6 Å². The SMILES string of the molecule is CC(C1CC1)N1Cc2cc(Br)cc(OCCOCCNC(=O)OC(C)(C)C)c2C1=O. The molecule has 1 saturated carbocycles. The average molecular weight is 483 g/mol. The quantitative estimate of drug-likeness (QED) is 0.535. The number of nitrogens with zero attached hydrogens (tertiary/aromatic N) is 1. The molecule has 0 radical (unpaired) electrons. The molecule has 1 unspecified atom stereocenters. The smallest absolute Gasteiger partial charge is 0.407 e. The molecule has 30 heavy (non-hydrogen) atoms. The highest BCUT2D eigenvalue weighted by Gasteiger charge is 2.40. The summed E-state index contributed by atoms with van der Waals surface area (Å²) in [5.41, 5.74) is 1.14. The standard InChI is InChI=1S/C22H31BrN2O5/c1-14(15-5-6-15)25-13-16-11-17(23)12-18(19(16)20(25)26)29-10-9-28-8-7-24-21(27)30-22(2,3)4/h11-12,14-15H,5-10,13H2,1-4H3,(H,24,27). The highest BCUT2D eigenvalue weighted by atomic mass is 79.9. The van der Waals surface area contributed by atoms with E-state index in [0.717, 1.165) is 10.0 Å². The fourth-order valence-corrected chi connectivity index (χ4v) is 4.01. The molecule has 2 aliphatic rings. The van der Waals surface area contributed by atoms with Crippen molar-refractivity contribution in [2.24, 2.45) is 5.92 Å². The third-order valence-electron chi connectivity index (χ3n) is 5.16. The van der Waals surface area contributed by atoms with Gasteiger partial charge in [0.25, 0.3) is 5.91 Å². The molecule has 166 valence electrons. The van der Waals surface area contributed by atoms with Crippen molar-refractivity contribution in [3.8, 4) is 5.75 Å². The van der Waals surface area contributed by atoms with Gasteiger partial charge in [0.05, 0.1) is 18.8 Å². The van der Waals surface area contributed by atoms with Crippen LogP contribution < -0.4 is 10.1 Å². The van der Waals surface area contributed by atoms with E-state index in [4.69, 9.17) is 14.2 Å². The number of rotatable bonds is 9. The Bertz CT molecular complexity index is 788. The van der Waals surface area contributed by atoms with Crippen LogP contribution in [-0.2, 0) is 16.0 Å². The van der Waals surface area contributed by atoms with Gasteiger partial charge in [-0.2, -0.15) is 0 Å². The molecule has 1 aromatic carbocycles. The summed E-state index contributed by atoms with van der Waals surface area (Å²) >= 11 is 3.52. The molecule has 7 nitrogen and oxygen atoms in total. The molecule has 0 spiro atoms. The third-order valence-corrected chi connectivity index (χ3v) is 5.62. The number of nitrogens with one attached hydrogen (secondary N) is 1. The molecule has 1 heterocycles. The van der Waals surface area contributed by atoms with E-state index in [1.165, 1.54) is 12.8 Å². The minimum atomic E-state index is -0.521. The number of halogens is 1. The number of hydrogen-bond acceptors (Lipinski definition) is 5. The summed E-state index contributed by atoms with van der Waals surface area (Å²) in [4.78, 5) is 26.5. The van der Waals surface area contributed by atoms with Gasteiger partial charge in [0, 0.05) is 23.6 Å². The van der Waals surface area contributed by atoms with E-state index in [-0.39, 0.29) is 11.9 Å². The largest absolute Gasteiger partial charge is 0.490 e. The molecular weight excluding hydrogens is 452 g/mol. The van der Waals surface area contributed by atoms with Crippen LogP contribution in [0.2, 0.25) is 0 Å². The lowest BCUT2D eigenvalue weighted by atomic mass is 10.1. The monoisotopic (exact) mass is 482 g/mol. The van der Waals surface area contributed by atoms with Crippen LogP contribution in [0.1, 0.15) is 56.5 Å². The van der Waals surface area contributed by atoms with Crippen molar-refractivity contribution in [2.75, 3.05) is 26.4 Å². The molecule has 1 aliphatic heterocycles. The van der Waals surface area contributed by atoms with E-state index >= 15 is 0 Å². The van der Waals surface area contributed by atoms with Crippen LogP contribution in [0, 0.1) is 5.92 Å². The van der Waals surface area contributed by atoms with Gasteiger partial charge in [-0.3, -0.25) is 4.79 Å². The van der Waals surface area contributed by atoms with Crippen molar-refractivity contribution < 1.29 is 23.8 Å². The normalized spacial score (nSPS) is 17.0. The number of fused-ring (bicyclic) bond motifs is 1. The molecule has 1 N–H and O–H groups in total. The van der Waals surface area contributed by atoms with Crippen LogP contribution in [0.3, 0.4) is 0 Å². The molecule has 1 atom stereocenters. The second-order valence-electron chi connectivity index (χ2n) is 8.84. The van der Waals surface area contributed by atoms with Gasteiger partial charge >= 0.3 is 6.09 Å². The topological polar surface area (TPSA) is 77.1 Å². The van der Waals surface area contributed by atoms with Gasteiger partial charge in [-0.1, -0.05) is 15.9 Å². The van der Waals surface area contributed by atoms with Crippen molar-refractivity contribution in [1.29, 1.82) is 0 Å². The zero-order valence-electron chi connectivity index (χ0n) is 18.1. The van der Waals surface area contributed by atoms with Gasteiger partial charge in [-0.25, -0.2) is 4.79 Å². The Balaban J connectivity index is 1.44. The van der Waals surface area contributed by atoms with Crippen LogP contribution in [0.25, 0.3) is 0 Å². The van der Waals surface area contributed by atoms with Gasteiger partial charge in [0.15, 0.2) is 0 Å². The minimum Gasteiger partial charge on any atom is -0.490 e.